The van der Waals surface area contributed by atoms with Crippen molar-refractivity contribution in [3.8, 4) is 0 Å². The van der Waals surface area contributed by atoms with E-state index in [1.54, 1.807) is 0 Å². The van der Waals surface area contributed by atoms with Crippen LogP contribution in [0.15, 0.2) is 0 Å². The first-order valence-electron chi connectivity index (χ1n) is 6.75. The number of nitrogens with one attached hydrogen (secondary N) is 1. The first-order valence-corrected chi connectivity index (χ1v) is 6.75. The molecule has 0 radical (unpaired) electrons. The predicted molar refractivity (Wildman–Crippen MR) is 68.5 cm³/mol. The Hall–Kier alpha value is -0.610. The SMILES string of the molecule is CCCC(N)CC(=O)NCC1(CO)CCCC1. The molecule has 1 fully saturated rings. The Morgan fingerprint density at radius 1 is 1.47 bits per heavy atom. The molecule has 0 bridgehead atoms. The van der Waals surface area contributed by atoms with E-state index in [0.29, 0.717) is 13.0 Å². The van der Waals surface area contributed by atoms with Gasteiger partial charge in [0, 0.05) is 24.4 Å². The third kappa shape index (κ3) is 4.64. The van der Waals surface area contributed by atoms with Crippen molar-refractivity contribution in [1.29, 1.82) is 0 Å². The van der Waals surface area contributed by atoms with Crippen molar-refractivity contribution in [2.75, 3.05) is 13.2 Å². The maximum Gasteiger partial charge on any atom is 0.221 e. The molecule has 4 nitrogen and oxygen atoms in total. The molecule has 100 valence electrons. The van der Waals surface area contributed by atoms with Gasteiger partial charge in [0.05, 0.1) is 6.61 Å². The summed E-state index contributed by atoms with van der Waals surface area (Å²) in [6, 6.07) is -0.0337. The Morgan fingerprint density at radius 3 is 2.65 bits per heavy atom. The van der Waals surface area contributed by atoms with Gasteiger partial charge in [-0.25, -0.2) is 0 Å². The van der Waals surface area contributed by atoms with E-state index in [9.17, 15) is 9.90 Å². The molecule has 1 aliphatic rings. The molecule has 1 aliphatic carbocycles. The summed E-state index contributed by atoms with van der Waals surface area (Å²) in [6.07, 6.45) is 6.65. The molecular formula is C13H26N2O2. The third-order valence-electron chi connectivity index (χ3n) is 3.77. The first kappa shape index (κ1) is 14.5. The Kier molecular flexibility index (Phi) is 5.92. The minimum atomic E-state index is -0.0650. The second-order valence-electron chi connectivity index (χ2n) is 5.39. The van der Waals surface area contributed by atoms with E-state index < -0.39 is 0 Å². The number of carbonyl (C=O) groups is 1. The quantitative estimate of drug-likeness (QED) is 0.627. The Balaban J connectivity index is 2.27. The van der Waals surface area contributed by atoms with Gasteiger partial charge in [-0.05, 0) is 19.3 Å². The van der Waals surface area contributed by atoms with Gasteiger partial charge in [0.1, 0.15) is 0 Å². The van der Waals surface area contributed by atoms with Gasteiger partial charge >= 0.3 is 0 Å². The summed E-state index contributed by atoms with van der Waals surface area (Å²) in [6.45, 7) is 2.84. The summed E-state index contributed by atoms with van der Waals surface area (Å²) in [5.41, 5.74) is 5.76. The zero-order chi connectivity index (χ0) is 12.7. The fourth-order valence-electron chi connectivity index (χ4n) is 2.59. The number of hydrogen-bond donors (Lipinski definition) is 3. The summed E-state index contributed by atoms with van der Waals surface area (Å²) >= 11 is 0. The largest absolute Gasteiger partial charge is 0.396 e. The second kappa shape index (κ2) is 6.97. The van der Waals surface area contributed by atoms with Crippen LogP contribution in [0.5, 0.6) is 0 Å². The lowest BCUT2D eigenvalue weighted by Crippen LogP contribution is -2.40. The molecule has 0 heterocycles. The molecule has 0 aromatic rings. The van der Waals surface area contributed by atoms with Crippen LogP contribution in [-0.4, -0.2) is 30.2 Å². The van der Waals surface area contributed by atoms with Crippen LogP contribution < -0.4 is 11.1 Å². The van der Waals surface area contributed by atoms with Gasteiger partial charge in [0.2, 0.25) is 5.91 Å². The van der Waals surface area contributed by atoms with Crippen LogP contribution in [0.4, 0.5) is 0 Å². The number of rotatable bonds is 7. The molecule has 0 saturated heterocycles. The minimum absolute atomic E-state index is 0.0191. The smallest absolute Gasteiger partial charge is 0.221 e. The summed E-state index contributed by atoms with van der Waals surface area (Å²) in [4.78, 5) is 11.7. The highest BCUT2D eigenvalue weighted by Crippen LogP contribution is 2.36. The number of carbonyl (C=O) groups excluding carboxylic acids is 1. The van der Waals surface area contributed by atoms with Gasteiger partial charge in [0.25, 0.3) is 0 Å². The van der Waals surface area contributed by atoms with Crippen molar-refractivity contribution in [3.63, 3.8) is 0 Å². The monoisotopic (exact) mass is 242 g/mol. The molecule has 0 aromatic carbocycles. The molecule has 1 atom stereocenters. The maximum absolute atomic E-state index is 11.7. The van der Waals surface area contributed by atoms with E-state index >= 15 is 0 Å². The lowest BCUT2D eigenvalue weighted by molar-refractivity contribution is -0.122. The molecule has 0 aliphatic heterocycles. The van der Waals surface area contributed by atoms with E-state index in [2.05, 4.69) is 12.2 Å². The van der Waals surface area contributed by atoms with E-state index in [1.807, 2.05) is 0 Å². The van der Waals surface area contributed by atoms with Gasteiger partial charge < -0.3 is 16.2 Å². The van der Waals surface area contributed by atoms with Crippen molar-refractivity contribution in [1.82, 2.24) is 5.32 Å². The van der Waals surface area contributed by atoms with Crippen molar-refractivity contribution >= 4 is 5.91 Å². The average Bonchev–Trinajstić information content (AvgIpc) is 2.76. The molecule has 4 N–H and O–H groups in total. The Morgan fingerprint density at radius 2 is 2.12 bits per heavy atom. The lowest BCUT2D eigenvalue weighted by Gasteiger charge is -2.26. The van der Waals surface area contributed by atoms with E-state index in [1.165, 1.54) is 0 Å². The first-order chi connectivity index (χ1) is 8.12. The van der Waals surface area contributed by atoms with Crippen molar-refractivity contribution in [3.05, 3.63) is 0 Å². The fourth-order valence-corrected chi connectivity index (χ4v) is 2.59. The summed E-state index contributed by atoms with van der Waals surface area (Å²) < 4.78 is 0. The van der Waals surface area contributed by atoms with Crippen molar-refractivity contribution in [2.45, 2.75) is 57.9 Å². The summed E-state index contributed by atoms with van der Waals surface area (Å²) in [5, 5.41) is 12.3. The van der Waals surface area contributed by atoms with Crippen LogP contribution in [0.2, 0.25) is 0 Å². The van der Waals surface area contributed by atoms with Crippen LogP contribution in [0.25, 0.3) is 0 Å². The summed E-state index contributed by atoms with van der Waals surface area (Å²) in [5.74, 6) is 0.0191. The number of aliphatic hydroxyl groups excluding tert-OH is 1. The molecule has 1 saturated carbocycles. The van der Waals surface area contributed by atoms with Crippen molar-refractivity contribution < 1.29 is 9.90 Å². The molecule has 4 heteroatoms. The van der Waals surface area contributed by atoms with Crippen LogP contribution in [0.1, 0.15) is 51.9 Å². The third-order valence-corrected chi connectivity index (χ3v) is 3.77. The van der Waals surface area contributed by atoms with Crippen molar-refractivity contribution in [2.24, 2.45) is 11.1 Å². The fraction of sp³-hybridized carbons (Fsp3) is 0.923. The number of aliphatic hydroxyl groups is 1. The standard InChI is InChI=1S/C13H26N2O2/c1-2-5-11(14)8-12(17)15-9-13(10-16)6-3-4-7-13/h11,16H,2-10,14H2,1H3,(H,15,17). The molecule has 0 spiro atoms. The number of hydrogen-bond acceptors (Lipinski definition) is 3. The molecular weight excluding hydrogens is 216 g/mol. The molecule has 1 amide bonds. The molecule has 0 aromatic heterocycles. The van der Waals surface area contributed by atoms with Gasteiger partial charge in [-0.15, -0.1) is 0 Å². The minimum Gasteiger partial charge on any atom is -0.396 e. The van der Waals surface area contributed by atoms with Gasteiger partial charge in [0.15, 0.2) is 0 Å². The van der Waals surface area contributed by atoms with Gasteiger partial charge in [-0.1, -0.05) is 26.2 Å². The van der Waals surface area contributed by atoms with E-state index in [0.717, 1.165) is 38.5 Å². The van der Waals surface area contributed by atoms with Crippen LogP contribution in [-0.2, 0) is 4.79 Å². The second-order valence-corrected chi connectivity index (χ2v) is 5.39. The normalized spacial score (nSPS) is 20.2. The highest BCUT2D eigenvalue weighted by molar-refractivity contribution is 5.76. The lowest BCUT2D eigenvalue weighted by atomic mass is 9.87. The molecule has 1 unspecified atom stereocenters. The highest BCUT2D eigenvalue weighted by atomic mass is 16.3. The molecule has 17 heavy (non-hydrogen) atoms. The van der Waals surface area contributed by atoms with Crippen LogP contribution >= 0.6 is 0 Å². The highest BCUT2D eigenvalue weighted by Gasteiger charge is 2.33. The Bertz CT molecular complexity index is 238. The number of nitrogens with two attached hydrogens (primary N) is 1. The topological polar surface area (TPSA) is 75.4 Å². The zero-order valence-electron chi connectivity index (χ0n) is 10.9. The van der Waals surface area contributed by atoms with E-state index in [4.69, 9.17) is 5.73 Å². The van der Waals surface area contributed by atoms with Gasteiger partial charge in [-0.2, -0.15) is 0 Å². The maximum atomic E-state index is 11.7. The molecule has 1 rings (SSSR count). The predicted octanol–water partition coefficient (Wildman–Crippen LogP) is 1.17. The number of amides is 1. The zero-order valence-corrected chi connectivity index (χ0v) is 10.9. The van der Waals surface area contributed by atoms with E-state index in [-0.39, 0.29) is 24.0 Å². The Labute approximate surface area is 104 Å². The van der Waals surface area contributed by atoms with Gasteiger partial charge in [-0.3, -0.25) is 4.79 Å². The van der Waals surface area contributed by atoms with Crippen LogP contribution in [0.3, 0.4) is 0 Å². The van der Waals surface area contributed by atoms with Crippen LogP contribution in [0, 0.1) is 5.41 Å². The summed E-state index contributed by atoms with van der Waals surface area (Å²) in [7, 11) is 0. The average molecular weight is 242 g/mol.